The number of rotatable bonds is 17. The van der Waals surface area contributed by atoms with Gasteiger partial charge in [0.1, 0.15) is 11.9 Å². The first-order valence-electron chi connectivity index (χ1n) is 14.3. The van der Waals surface area contributed by atoms with E-state index in [0.29, 0.717) is 0 Å². The van der Waals surface area contributed by atoms with Crippen molar-refractivity contribution in [1.29, 1.82) is 0 Å². The van der Waals surface area contributed by atoms with Gasteiger partial charge in [0.05, 0.1) is 0 Å². The molecular weight excluding hydrogens is 549 g/mol. The van der Waals surface area contributed by atoms with E-state index < -0.39 is 58.8 Å². The van der Waals surface area contributed by atoms with Crippen molar-refractivity contribution in [3.05, 3.63) is 29.1 Å². The number of nitrogens with two attached hydrogens (primary N) is 1. The maximum atomic E-state index is 13.3. The van der Waals surface area contributed by atoms with Crippen LogP contribution in [-0.2, 0) is 19.1 Å². The molecule has 41 heavy (non-hydrogen) atoms. The van der Waals surface area contributed by atoms with E-state index in [9.17, 15) is 36.3 Å². The Bertz CT molecular complexity index is 862. The summed E-state index contributed by atoms with van der Waals surface area (Å²) in [5, 5.41) is 0. The van der Waals surface area contributed by atoms with Crippen molar-refractivity contribution in [3.63, 3.8) is 0 Å². The lowest BCUT2D eigenvalue weighted by Gasteiger charge is -2.19. The van der Waals surface area contributed by atoms with Crippen molar-refractivity contribution in [3.8, 4) is 5.75 Å². The first kappa shape index (κ1) is 40.6. The first-order chi connectivity index (χ1) is 19.4. The van der Waals surface area contributed by atoms with Gasteiger partial charge in [-0.05, 0) is 40.7 Å². The van der Waals surface area contributed by atoms with Crippen molar-refractivity contribution in [2.75, 3.05) is 7.05 Å². The molecule has 1 rings (SSSR count). The van der Waals surface area contributed by atoms with Crippen molar-refractivity contribution in [1.82, 2.24) is 0 Å². The summed E-state index contributed by atoms with van der Waals surface area (Å²) in [5.74, 6) is -14.8. The van der Waals surface area contributed by atoms with Crippen LogP contribution in [0.4, 0.5) is 22.0 Å². The Morgan fingerprint density at radius 3 is 1.46 bits per heavy atom. The van der Waals surface area contributed by atoms with Crippen LogP contribution in [0.1, 0.15) is 124 Å². The molecule has 0 bridgehead atoms. The van der Waals surface area contributed by atoms with Crippen LogP contribution in [0.2, 0.25) is 0 Å². The molecule has 0 aliphatic carbocycles. The molecule has 0 fully saturated rings. The highest BCUT2D eigenvalue weighted by Gasteiger charge is 2.28. The Kier molecular flexibility index (Phi) is 23.8. The molecule has 11 heteroatoms. The molecule has 0 saturated carbocycles. The van der Waals surface area contributed by atoms with Crippen LogP contribution in [0, 0.1) is 29.1 Å². The highest BCUT2D eigenvalue weighted by Crippen LogP contribution is 2.29. The largest absolute Gasteiger partial charge is 0.460 e. The molecule has 0 unspecified atom stereocenters. The fourth-order valence-electron chi connectivity index (χ4n) is 3.50. The number of aldehydes is 1. The zero-order valence-electron chi connectivity index (χ0n) is 25.2. The van der Waals surface area contributed by atoms with Crippen LogP contribution in [0.15, 0.2) is 0 Å². The zero-order chi connectivity index (χ0) is 31.8. The van der Waals surface area contributed by atoms with Gasteiger partial charge in [-0.1, -0.05) is 71.1 Å². The molecule has 0 amide bonds. The Morgan fingerprint density at radius 2 is 1.05 bits per heavy atom. The van der Waals surface area contributed by atoms with Gasteiger partial charge in [0.15, 0.2) is 0 Å². The minimum atomic E-state index is -2.35. The molecule has 0 aliphatic rings. The average molecular weight is 598 g/mol. The van der Waals surface area contributed by atoms with Gasteiger partial charge >= 0.3 is 11.9 Å². The number of carbonyl (C=O) groups excluding carboxylic acids is 3. The molecule has 6 nitrogen and oxygen atoms in total. The second-order valence-electron chi connectivity index (χ2n) is 10.3. The van der Waals surface area contributed by atoms with Gasteiger partial charge in [-0.15, -0.1) is 0 Å². The van der Waals surface area contributed by atoms with E-state index >= 15 is 0 Å². The van der Waals surface area contributed by atoms with Crippen LogP contribution in [0.25, 0.3) is 0 Å². The number of hydrogen-bond donors (Lipinski definition) is 1. The Hall–Kier alpha value is -2.56. The molecule has 0 radical (unpaired) electrons. The van der Waals surface area contributed by atoms with E-state index in [1.54, 1.807) is 20.8 Å². The lowest BCUT2D eigenvalue weighted by molar-refractivity contribution is -0.155. The number of unbranched alkanes of at least 4 members (excludes halogenated alkanes) is 11. The normalized spacial score (nSPS) is 10.6. The summed E-state index contributed by atoms with van der Waals surface area (Å²) in [6.07, 6.45) is 15.9. The summed E-state index contributed by atoms with van der Waals surface area (Å²) in [6.45, 7) is 7.19. The van der Waals surface area contributed by atoms with Gasteiger partial charge in [-0.2, -0.15) is 8.78 Å². The van der Waals surface area contributed by atoms with E-state index in [1.807, 2.05) is 0 Å². The lowest BCUT2D eigenvalue weighted by Crippen LogP contribution is -2.23. The SMILES string of the molecule is CC(C)(C)OC(=O)CCCC(=O)Oc1c(F)c(F)c(F)c(F)c1F.CCCCCCCCCCCCCC=O.CN. The van der Waals surface area contributed by atoms with E-state index in [1.165, 1.54) is 71.3 Å². The monoisotopic (exact) mass is 597 g/mol. The third kappa shape index (κ3) is 20.0. The van der Waals surface area contributed by atoms with E-state index in [-0.39, 0.29) is 12.8 Å². The maximum absolute atomic E-state index is 13.3. The molecule has 0 aliphatic heterocycles. The second kappa shape index (κ2) is 24.1. The Balaban J connectivity index is 0. The van der Waals surface area contributed by atoms with Gasteiger partial charge in [0.2, 0.25) is 34.8 Å². The van der Waals surface area contributed by atoms with Gasteiger partial charge in [-0.25, -0.2) is 13.2 Å². The standard InChI is InChI=1S/C15H15F5O4.C14H28O.CH5N/c1-15(2,3)24-8(22)6-4-5-7(21)23-14-12(19)10(17)9(16)11(18)13(14)20;1-2-3-4-5-6-7-8-9-10-11-12-13-14-15;1-2/h4-6H2,1-3H3;14H,2-13H2,1H3;2H2,1H3. The molecule has 0 spiro atoms. The highest BCUT2D eigenvalue weighted by atomic mass is 19.2. The lowest BCUT2D eigenvalue weighted by atomic mass is 10.1. The van der Waals surface area contributed by atoms with Crippen LogP contribution in [0.3, 0.4) is 0 Å². The highest BCUT2D eigenvalue weighted by molar-refractivity contribution is 5.74. The van der Waals surface area contributed by atoms with E-state index in [2.05, 4.69) is 17.4 Å². The number of carbonyl (C=O) groups is 3. The summed E-state index contributed by atoms with van der Waals surface area (Å²) < 4.78 is 74.6. The van der Waals surface area contributed by atoms with Crippen molar-refractivity contribution >= 4 is 18.2 Å². The zero-order valence-corrected chi connectivity index (χ0v) is 25.2. The molecular formula is C30H48F5NO5. The number of esters is 2. The molecule has 0 saturated heterocycles. The molecule has 0 aromatic heterocycles. The molecule has 2 N–H and O–H groups in total. The van der Waals surface area contributed by atoms with Crippen LogP contribution in [0.5, 0.6) is 5.75 Å². The number of hydrogen-bond acceptors (Lipinski definition) is 6. The van der Waals surface area contributed by atoms with Gasteiger partial charge in [0.25, 0.3) is 0 Å². The summed E-state index contributed by atoms with van der Waals surface area (Å²) >= 11 is 0. The maximum Gasteiger partial charge on any atom is 0.311 e. The topological polar surface area (TPSA) is 95.7 Å². The van der Waals surface area contributed by atoms with Gasteiger partial charge in [-0.3, -0.25) is 9.59 Å². The van der Waals surface area contributed by atoms with Crippen LogP contribution < -0.4 is 10.5 Å². The van der Waals surface area contributed by atoms with Crippen LogP contribution in [-0.4, -0.2) is 30.9 Å². The average Bonchev–Trinajstić information content (AvgIpc) is 2.92. The van der Waals surface area contributed by atoms with Crippen molar-refractivity contribution in [2.45, 2.75) is 130 Å². The Labute approximate surface area is 241 Å². The van der Waals surface area contributed by atoms with Crippen molar-refractivity contribution < 1.29 is 45.8 Å². The summed E-state index contributed by atoms with van der Waals surface area (Å²) in [6, 6.07) is 0. The quantitative estimate of drug-likeness (QED) is 0.0369. The smallest absolute Gasteiger partial charge is 0.311 e. The summed E-state index contributed by atoms with van der Waals surface area (Å²) in [4.78, 5) is 32.9. The number of ether oxygens (including phenoxy) is 2. The molecule has 238 valence electrons. The van der Waals surface area contributed by atoms with Crippen LogP contribution >= 0.6 is 0 Å². The molecule has 1 aromatic rings. The molecule has 1 aromatic carbocycles. The predicted octanol–water partition coefficient (Wildman–Crippen LogP) is 8.26. The van der Waals surface area contributed by atoms with Gasteiger partial charge in [0, 0.05) is 19.3 Å². The summed E-state index contributed by atoms with van der Waals surface area (Å²) in [5.41, 5.74) is 3.78. The molecule has 0 atom stereocenters. The third-order valence-electron chi connectivity index (χ3n) is 5.49. The van der Waals surface area contributed by atoms with E-state index in [4.69, 9.17) is 4.74 Å². The fourth-order valence-corrected chi connectivity index (χ4v) is 3.50. The summed E-state index contributed by atoms with van der Waals surface area (Å²) in [7, 11) is 1.50. The minimum absolute atomic E-state index is 0.0802. The fraction of sp³-hybridized carbons (Fsp3) is 0.700. The molecule has 0 heterocycles. The Morgan fingerprint density at radius 1 is 0.659 bits per heavy atom. The second-order valence-corrected chi connectivity index (χ2v) is 10.3. The number of halogens is 5. The first-order valence-corrected chi connectivity index (χ1v) is 14.3. The predicted molar refractivity (Wildman–Crippen MR) is 149 cm³/mol. The van der Waals surface area contributed by atoms with E-state index in [0.717, 1.165) is 19.1 Å². The van der Waals surface area contributed by atoms with Crippen molar-refractivity contribution in [2.24, 2.45) is 5.73 Å². The minimum Gasteiger partial charge on any atom is -0.460 e. The third-order valence-corrected chi connectivity index (χ3v) is 5.49. The van der Waals surface area contributed by atoms with Gasteiger partial charge < -0.3 is 20.0 Å². The number of benzene rings is 1.